The van der Waals surface area contributed by atoms with E-state index in [0.717, 1.165) is 24.0 Å². The summed E-state index contributed by atoms with van der Waals surface area (Å²) in [7, 11) is 1.60. The van der Waals surface area contributed by atoms with E-state index in [1.807, 2.05) is 36.4 Å². The van der Waals surface area contributed by atoms with E-state index in [1.54, 1.807) is 19.2 Å². The molecule has 0 fully saturated rings. The Labute approximate surface area is 182 Å². The Morgan fingerprint density at radius 1 is 1.17 bits per heavy atom. The van der Waals surface area contributed by atoms with E-state index in [-0.39, 0.29) is 5.56 Å². The van der Waals surface area contributed by atoms with E-state index in [1.165, 1.54) is 15.9 Å². The molecular formula is C22H20ClN3O3S. The quantitative estimate of drug-likeness (QED) is 0.402. The molecule has 0 radical (unpaired) electrons. The largest absolute Gasteiger partial charge is 0.493 e. The molecule has 2 heterocycles. The van der Waals surface area contributed by atoms with Gasteiger partial charge in [0.25, 0.3) is 5.56 Å². The molecule has 2 aromatic heterocycles. The molecule has 0 aliphatic rings. The summed E-state index contributed by atoms with van der Waals surface area (Å²) in [6.45, 7) is 2.76. The lowest BCUT2D eigenvalue weighted by Crippen LogP contribution is -2.23. The molecule has 0 N–H and O–H groups in total. The van der Waals surface area contributed by atoms with Crippen molar-refractivity contribution in [2.45, 2.75) is 19.8 Å². The van der Waals surface area contributed by atoms with Gasteiger partial charge in [-0.05, 0) is 54.5 Å². The Hall–Kier alpha value is -2.90. The van der Waals surface area contributed by atoms with Gasteiger partial charge in [0.05, 0.1) is 18.2 Å². The first-order chi connectivity index (χ1) is 14.6. The Balaban J connectivity index is 1.66. The third kappa shape index (κ3) is 4.17. The van der Waals surface area contributed by atoms with Crippen molar-refractivity contribution in [2.24, 2.45) is 0 Å². The molecule has 6 nitrogen and oxygen atoms in total. The van der Waals surface area contributed by atoms with Gasteiger partial charge in [-0.1, -0.05) is 42.3 Å². The molecule has 0 saturated heterocycles. The molecule has 2 aromatic carbocycles. The monoisotopic (exact) mass is 441 g/mol. The van der Waals surface area contributed by atoms with E-state index in [9.17, 15) is 4.79 Å². The van der Waals surface area contributed by atoms with Crippen LogP contribution in [0.15, 0.2) is 47.3 Å². The summed E-state index contributed by atoms with van der Waals surface area (Å²) >= 11 is 7.22. The van der Waals surface area contributed by atoms with Crippen molar-refractivity contribution in [1.29, 1.82) is 0 Å². The zero-order valence-corrected chi connectivity index (χ0v) is 18.2. The number of hydrogen-bond acceptors (Lipinski definition) is 6. The van der Waals surface area contributed by atoms with Crippen LogP contribution in [-0.4, -0.2) is 28.3 Å². The van der Waals surface area contributed by atoms with Gasteiger partial charge in [-0.15, -0.1) is 5.10 Å². The van der Waals surface area contributed by atoms with Gasteiger partial charge < -0.3 is 9.47 Å². The zero-order valence-electron chi connectivity index (χ0n) is 16.6. The molecule has 4 rings (SSSR count). The van der Waals surface area contributed by atoms with E-state index in [2.05, 4.69) is 17.0 Å². The van der Waals surface area contributed by atoms with Crippen LogP contribution in [0.2, 0.25) is 5.02 Å². The van der Waals surface area contributed by atoms with Crippen molar-refractivity contribution in [3.63, 3.8) is 0 Å². The second-order valence-electron chi connectivity index (χ2n) is 6.66. The summed E-state index contributed by atoms with van der Waals surface area (Å²) in [5, 5.41) is 5.00. The average Bonchev–Trinajstić information content (AvgIpc) is 3.29. The number of benzene rings is 2. The predicted molar refractivity (Wildman–Crippen MR) is 120 cm³/mol. The first-order valence-corrected chi connectivity index (χ1v) is 10.8. The molecule has 0 aliphatic heterocycles. The van der Waals surface area contributed by atoms with Gasteiger partial charge >= 0.3 is 0 Å². The van der Waals surface area contributed by atoms with Crippen LogP contribution >= 0.6 is 22.9 Å². The zero-order chi connectivity index (χ0) is 21.1. The topological polar surface area (TPSA) is 65.7 Å². The maximum absolute atomic E-state index is 12.8. The highest BCUT2D eigenvalue weighted by molar-refractivity contribution is 7.15. The molecule has 0 bridgehead atoms. The molecule has 4 aromatic rings. The number of thiazole rings is 1. The van der Waals surface area contributed by atoms with Crippen LogP contribution in [0.1, 0.15) is 25.3 Å². The summed E-state index contributed by atoms with van der Waals surface area (Å²) in [5.41, 5.74) is 1.45. The molecule has 30 heavy (non-hydrogen) atoms. The number of nitrogens with zero attached hydrogens (tertiary/aromatic N) is 3. The molecular weight excluding hydrogens is 422 g/mol. The highest BCUT2D eigenvalue weighted by Gasteiger charge is 2.12. The van der Waals surface area contributed by atoms with Crippen LogP contribution in [0.3, 0.4) is 0 Å². The standard InChI is InChI=1S/C22H20ClN3O3S/c1-3-4-11-29-17-10-5-14(12-18(17)28-2)13-19-21(27)26-22(30-19)24-20(25-26)15-6-8-16(23)9-7-15/h5-10,12-13H,3-4,11H2,1-2H3. The number of rotatable bonds is 7. The van der Waals surface area contributed by atoms with Crippen LogP contribution in [0.4, 0.5) is 0 Å². The van der Waals surface area contributed by atoms with Gasteiger partial charge in [-0.25, -0.2) is 0 Å². The predicted octanol–water partition coefficient (Wildman–Crippen LogP) is 4.21. The van der Waals surface area contributed by atoms with E-state index >= 15 is 0 Å². The SMILES string of the molecule is CCCCOc1ccc(C=c2sc3nc(-c4ccc(Cl)cc4)nn3c2=O)cc1OC. The van der Waals surface area contributed by atoms with Crippen LogP contribution in [-0.2, 0) is 0 Å². The second kappa shape index (κ2) is 8.85. The third-order valence-electron chi connectivity index (χ3n) is 4.53. The van der Waals surface area contributed by atoms with Gasteiger partial charge in [0, 0.05) is 10.6 Å². The van der Waals surface area contributed by atoms with Crippen molar-refractivity contribution in [3.05, 3.63) is 67.9 Å². The number of hydrogen-bond donors (Lipinski definition) is 0. The highest BCUT2D eigenvalue weighted by Crippen LogP contribution is 2.28. The molecule has 8 heteroatoms. The van der Waals surface area contributed by atoms with Crippen molar-refractivity contribution in [2.75, 3.05) is 13.7 Å². The normalized spacial score (nSPS) is 11.9. The number of aromatic nitrogens is 3. The van der Waals surface area contributed by atoms with Crippen LogP contribution in [0.25, 0.3) is 22.4 Å². The average molecular weight is 442 g/mol. The van der Waals surface area contributed by atoms with Gasteiger partial charge in [0.15, 0.2) is 17.3 Å². The number of unbranched alkanes of at least 4 members (excludes halogenated alkanes) is 1. The molecule has 0 unspecified atom stereocenters. The number of ether oxygens (including phenoxy) is 2. The van der Waals surface area contributed by atoms with E-state index in [0.29, 0.717) is 38.4 Å². The Bertz CT molecular complexity index is 1280. The van der Waals surface area contributed by atoms with Gasteiger partial charge in [-0.2, -0.15) is 9.50 Å². The van der Waals surface area contributed by atoms with Crippen molar-refractivity contribution in [3.8, 4) is 22.9 Å². The fourth-order valence-electron chi connectivity index (χ4n) is 2.93. The van der Waals surface area contributed by atoms with Crippen LogP contribution in [0, 0.1) is 0 Å². The molecule has 0 amide bonds. The summed E-state index contributed by atoms with van der Waals surface area (Å²) < 4.78 is 13.1. The highest BCUT2D eigenvalue weighted by atomic mass is 35.5. The second-order valence-corrected chi connectivity index (χ2v) is 8.11. The molecule has 0 spiro atoms. The lowest BCUT2D eigenvalue weighted by Gasteiger charge is -2.10. The molecule has 0 atom stereocenters. The van der Waals surface area contributed by atoms with Crippen molar-refractivity contribution in [1.82, 2.24) is 14.6 Å². The van der Waals surface area contributed by atoms with Gasteiger partial charge in [0.2, 0.25) is 4.96 Å². The fourth-order valence-corrected chi connectivity index (χ4v) is 3.96. The van der Waals surface area contributed by atoms with E-state index < -0.39 is 0 Å². The Kier molecular flexibility index (Phi) is 6.01. The summed E-state index contributed by atoms with van der Waals surface area (Å²) in [5.74, 6) is 1.83. The minimum absolute atomic E-state index is 0.204. The number of fused-ring (bicyclic) bond motifs is 1. The lowest BCUT2D eigenvalue weighted by atomic mass is 10.2. The van der Waals surface area contributed by atoms with Gasteiger partial charge in [-0.3, -0.25) is 4.79 Å². The van der Waals surface area contributed by atoms with Crippen molar-refractivity contribution >= 4 is 34.0 Å². The molecule has 0 aliphatic carbocycles. The van der Waals surface area contributed by atoms with Crippen LogP contribution in [0.5, 0.6) is 11.5 Å². The lowest BCUT2D eigenvalue weighted by molar-refractivity contribution is 0.288. The molecule has 0 saturated carbocycles. The molecule has 154 valence electrons. The first kappa shape index (κ1) is 20.4. The number of methoxy groups -OCH3 is 1. The van der Waals surface area contributed by atoms with Crippen molar-refractivity contribution < 1.29 is 9.47 Å². The maximum Gasteiger partial charge on any atom is 0.291 e. The minimum atomic E-state index is -0.204. The summed E-state index contributed by atoms with van der Waals surface area (Å²) in [4.78, 5) is 17.8. The van der Waals surface area contributed by atoms with E-state index in [4.69, 9.17) is 21.1 Å². The Morgan fingerprint density at radius 3 is 2.67 bits per heavy atom. The first-order valence-electron chi connectivity index (χ1n) is 9.57. The maximum atomic E-state index is 12.8. The van der Waals surface area contributed by atoms with Gasteiger partial charge in [0.1, 0.15) is 0 Å². The summed E-state index contributed by atoms with van der Waals surface area (Å²) in [6, 6.07) is 12.8. The fraction of sp³-hybridized carbons (Fsp3) is 0.227. The minimum Gasteiger partial charge on any atom is -0.493 e. The smallest absolute Gasteiger partial charge is 0.291 e. The third-order valence-corrected chi connectivity index (χ3v) is 5.74. The number of halogens is 1. The summed E-state index contributed by atoms with van der Waals surface area (Å²) in [6.07, 6.45) is 3.86. The van der Waals surface area contributed by atoms with Crippen LogP contribution < -0.4 is 19.6 Å². The Morgan fingerprint density at radius 2 is 1.97 bits per heavy atom.